The molecule has 0 unspecified atom stereocenters. The average Bonchev–Trinajstić information content (AvgIpc) is 2.96. The highest BCUT2D eigenvalue weighted by atomic mass is 19.2. The van der Waals surface area contributed by atoms with Gasteiger partial charge in [0.25, 0.3) is 0 Å². The van der Waals surface area contributed by atoms with Crippen molar-refractivity contribution in [3.05, 3.63) is 94.6 Å². The Kier molecular flexibility index (Phi) is 9.82. The minimum atomic E-state index is -1.31. The third-order valence-corrected chi connectivity index (χ3v) is 7.45. The van der Waals surface area contributed by atoms with Crippen LogP contribution in [-0.4, -0.2) is 13.2 Å². The number of halogens is 6. The highest BCUT2D eigenvalue weighted by molar-refractivity contribution is 5.66. The molecule has 1 saturated carbocycles. The smallest absolute Gasteiger partial charge is 0.201 e. The fourth-order valence-corrected chi connectivity index (χ4v) is 5.22. The Labute approximate surface area is 230 Å². The van der Waals surface area contributed by atoms with Gasteiger partial charge in [0.2, 0.25) is 11.6 Å². The Morgan fingerprint density at radius 2 is 1.30 bits per heavy atom. The molecule has 8 heteroatoms. The van der Waals surface area contributed by atoms with E-state index >= 15 is 8.78 Å². The number of hydrogen-bond acceptors (Lipinski definition) is 2. The van der Waals surface area contributed by atoms with Crippen LogP contribution in [0.15, 0.2) is 48.6 Å². The summed E-state index contributed by atoms with van der Waals surface area (Å²) in [6.45, 7) is 3.79. The van der Waals surface area contributed by atoms with Crippen molar-refractivity contribution in [3.8, 4) is 22.6 Å². The number of hydrogen-bond donors (Lipinski definition) is 0. The summed E-state index contributed by atoms with van der Waals surface area (Å²) >= 11 is 0. The molecule has 3 aromatic carbocycles. The standard InChI is InChI=1S/C32H32F6O2/c1-3-5-6-7-21-12-16-26(31(37)27(21)33)40-18-19-8-10-20(11-9-19)22-13-14-23(29(35)28(22)34)24-15-17-25(39-4-2)32(38)30(24)36/h3,5,12-17,19-20H,4,6-11,18H2,1-2H3. The van der Waals surface area contributed by atoms with E-state index in [4.69, 9.17) is 9.47 Å². The van der Waals surface area contributed by atoms with Gasteiger partial charge < -0.3 is 9.47 Å². The van der Waals surface area contributed by atoms with Crippen LogP contribution in [0.3, 0.4) is 0 Å². The molecule has 0 aromatic heterocycles. The van der Waals surface area contributed by atoms with Gasteiger partial charge in [0.05, 0.1) is 13.2 Å². The van der Waals surface area contributed by atoms with E-state index in [9.17, 15) is 17.6 Å². The second-order valence-electron chi connectivity index (χ2n) is 9.99. The molecule has 0 aliphatic heterocycles. The van der Waals surface area contributed by atoms with Gasteiger partial charge in [-0.3, -0.25) is 0 Å². The minimum absolute atomic E-state index is 0.0428. The first-order chi connectivity index (χ1) is 19.3. The lowest BCUT2D eigenvalue weighted by molar-refractivity contribution is 0.191. The summed E-state index contributed by atoms with van der Waals surface area (Å²) in [5.74, 6) is -7.47. The molecule has 4 rings (SSSR count). The van der Waals surface area contributed by atoms with Crippen LogP contribution in [0, 0.1) is 40.8 Å². The van der Waals surface area contributed by atoms with Crippen LogP contribution < -0.4 is 9.47 Å². The maximum absolute atomic E-state index is 15.1. The van der Waals surface area contributed by atoms with Gasteiger partial charge in [0, 0.05) is 11.1 Å². The number of ether oxygens (including phenoxy) is 2. The van der Waals surface area contributed by atoms with Crippen LogP contribution in [0.5, 0.6) is 11.5 Å². The van der Waals surface area contributed by atoms with Gasteiger partial charge in [-0.1, -0.05) is 30.4 Å². The summed E-state index contributed by atoms with van der Waals surface area (Å²) in [5.41, 5.74) is -0.294. The molecule has 0 atom stereocenters. The van der Waals surface area contributed by atoms with Crippen molar-refractivity contribution >= 4 is 0 Å². The molecule has 0 heterocycles. The summed E-state index contributed by atoms with van der Waals surface area (Å²) in [7, 11) is 0. The molecule has 2 nitrogen and oxygen atoms in total. The number of benzene rings is 3. The molecule has 0 amide bonds. The fourth-order valence-electron chi connectivity index (χ4n) is 5.22. The van der Waals surface area contributed by atoms with Gasteiger partial charge in [-0.15, -0.1) is 0 Å². The first-order valence-corrected chi connectivity index (χ1v) is 13.6. The summed E-state index contributed by atoms with van der Waals surface area (Å²) in [6, 6.07) is 8.00. The summed E-state index contributed by atoms with van der Waals surface area (Å²) in [5, 5.41) is 0. The maximum Gasteiger partial charge on any atom is 0.201 e. The zero-order valence-corrected chi connectivity index (χ0v) is 22.5. The quantitative estimate of drug-likeness (QED) is 0.181. The maximum atomic E-state index is 15.1. The van der Waals surface area contributed by atoms with Crippen LogP contribution in [0.25, 0.3) is 11.1 Å². The van der Waals surface area contributed by atoms with Gasteiger partial charge in [0.15, 0.2) is 34.8 Å². The van der Waals surface area contributed by atoms with Crippen LogP contribution in [0.4, 0.5) is 26.3 Å². The first kappa shape index (κ1) is 29.6. The SMILES string of the molecule is CC=CCCc1ccc(OCC2CCC(c3ccc(-c4ccc(OCC)c(F)c4F)c(F)c3F)CC2)c(F)c1F. The predicted octanol–water partition coefficient (Wildman–Crippen LogP) is 9.45. The molecule has 0 radical (unpaired) electrons. The number of allylic oxidation sites excluding steroid dienone is 2. The van der Waals surface area contributed by atoms with Gasteiger partial charge in [-0.05, 0) is 93.5 Å². The summed E-state index contributed by atoms with van der Waals surface area (Å²) in [6.07, 6.45) is 7.06. The number of aryl methyl sites for hydroxylation is 1. The van der Waals surface area contributed by atoms with Crippen LogP contribution >= 0.6 is 0 Å². The van der Waals surface area contributed by atoms with Crippen molar-refractivity contribution in [1.29, 1.82) is 0 Å². The van der Waals surface area contributed by atoms with E-state index in [1.807, 2.05) is 19.1 Å². The van der Waals surface area contributed by atoms with Crippen LogP contribution in [-0.2, 0) is 6.42 Å². The Hall–Kier alpha value is -3.42. The Morgan fingerprint density at radius 1 is 0.700 bits per heavy atom. The molecule has 1 fully saturated rings. The van der Waals surface area contributed by atoms with E-state index in [0.717, 1.165) is 6.07 Å². The minimum Gasteiger partial charge on any atom is -0.491 e. The van der Waals surface area contributed by atoms with Crippen LogP contribution in [0.2, 0.25) is 0 Å². The van der Waals surface area contributed by atoms with E-state index < -0.39 is 34.9 Å². The first-order valence-electron chi connectivity index (χ1n) is 13.6. The molecule has 1 aliphatic rings. The molecule has 0 bridgehead atoms. The van der Waals surface area contributed by atoms with Gasteiger partial charge in [0.1, 0.15) is 0 Å². The zero-order chi connectivity index (χ0) is 28.8. The molecule has 3 aromatic rings. The van der Waals surface area contributed by atoms with Crippen molar-refractivity contribution in [1.82, 2.24) is 0 Å². The second kappa shape index (κ2) is 13.3. The molecule has 0 N–H and O–H groups in total. The Balaban J connectivity index is 1.38. The normalized spacial score (nSPS) is 17.4. The average molecular weight is 563 g/mol. The lowest BCUT2D eigenvalue weighted by Gasteiger charge is -2.29. The third kappa shape index (κ3) is 6.31. The van der Waals surface area contributed by atoms with Crippen molar-refractivity contribution in [2.45, 2.75) is 58.3 Å². The highest BCUT2D eigenvalue weighted by Crippen LogP contribution is 2.40. The van der Waals surface area contributed by atoms with E-state index in [1.165, 1.54) is 30.3 Å². The molecule has 214 valence electrons. The fraction of sp³-hybridized carbons (Fsp3) is 0.375. The molecule has 0 spiro atoms. The monoisotopic (exact) mass is 562 g/mol. The predicted molar refractivity (Wildman–Crippen MR) is 143 cm³/mol. The van der Waals surface area contributed by atoms with Crippen molar-refractivity contribution in [2.24, 2.45) is 5.92 Å². The Bertz CT molecular complexity index is 1360. The van der Waals surface area contributed by atoms with E-state index in [2.05, 4.69) is 0 Å². The molecular formula is C32H32F6O2. The lowest BCUT2D eigenvalue weighted by atomic mass is 9.78. The van der Waals surface area contributed by atoms with E-state index in [0.29, 0.717) is 44.1 Å². The Morgan fingerprint density at radius 3 is 1.98 bits per heavy atom. The topological polar surface area (TPSA) is 18.5 Å². The van der Waals surface area contributed by atoms with Crippen molar-refractivity contribution in [3.63, 3.8) is 0 Å². The van der Waals surface area contributed by atoms with E-state index in [-0.39, 0.29) is 53.2 Å². The third-order valence-electron chi connectivity index (χ3n) is 7.45. The van der Waals surface area contributed by atoms with Crippen molar-refractivity contribution < 1.29 is 35.8 Å². The van der Waals surface area contributed by atoms with Crippen LogP contribution in [0.1, 0.15) is 63.0 Å². The summed E-state index contributed by atoms with van der Waals surface area (Å²) in [4.78, 5) is 0. The van der Waals surface area contributed by atoms with Crippen molar-refractivity contribution in [2.75, 3.05) is 13.2 Å². The second-order valence-corrected chi connectivity index (χ2v) is 9.99. The molecule has 0 saturated heterocycles. The van der Waals surface area contributed by atoms with E-state index in [1.54, 1.807) is 6.92 Å². The molecule has 40 heavy (non-hydrogen) atoms. The number of rotatable bonds is 10. The van der Waals surface area contributed by atoms with Gasteiger partial charge >= 0.3 is 0 Å². The molecular weight excluding hydrogens is 530 g/mol. The molecule has 1 aliphatic carbocycles. The lowest BCUT2D eigenvalue weighted by Crippen LogP contribution is -2.20. The largest absolute Gasteiger partial charge is 0.491 e. The van der Waals surface area contributed by atoms with Gasteiger partial charge in [-0.2, -0.15) is 8.78 Å². The highest BCUT2D eigenvalue weighted by Gasteiger charge is 2.28. The van der Waals surface area contributed by atoms with Gasteiger partial charge in [-0.25, -0.2) is 17.6 Å². The summed E-state index contributed by atoms with van der Waals surface area (Å²) < 4.78 is 98.6. The zero-order valence-electron chi connectivity index (χ0n) is 22.5.